The van der Waals surface area contributed by atoms with Gasteiger partial charge >= 0.3 is 0 Å². The Morgan fingerprint density at radius 2 is 1.29 bits per heavy atom. The summed E-state index contributed by atoms with van der Waals surface area (Å²) in [7, 11) is -4.06. The van der Waals surface area contributed by atoms with Gasteiger partial charge in [0.1, 0.15) is 17.5 Å². The third kappa shape index (κ3) is 3.14. The van der Waals surface area contributed by atoms with Gasteiger partial charge in [-0.15, -0.1) is 0 Å². The summed E-state index contributed by atoms with van der Waals surface area (Å²) < 4.78 is 66.6. The molecule has 0 N–H and O–H groups in total. The summed E-state index contributed by atoms with van der Waals surface area (Å²) in [6.07, 6.45) is 1.14. The van der Waals surface area contributed by atoms with E-state index >= 15 is 0 Å². The molecule has 0 aliphatic heterocycles. The molecule has 0 spiro atoms. The van der Waals surface area contributed by atoms with Crippen LogP contribution in [0.3, 0.4) is 0 Å². The maximum atomic E-state index is 13.6. The van der Waals surface area contributed by atoms with Crippen LogP contribution in [0.5, 0.6) is 0 Å². The maximum Gasteiger partial charge on any atom is 0.208 e. The molecule has 7 heteroatoms. The molecule has 0 saturated heterocycles. The first kappa shape index (κ1) is 18.2. The number of rotatable bonds is 3. The van der Waals surface area contributed by atoms with E-state index in [-0.39, 0.29) is 20.9 Å². The molecular formula is C21H12F3NO2S. The fourth-order valence-electron chi connectivity index (χ4n) is 3.01. The topological polar surface area (TPSA) is 47.0 Å². The average molecular weight is 399 g/mol. The molecule has 140 valence electrons. The standard InChI is InChI=1S/C21H12F3NO2S/c22-14-3-1-13(2-4-14)21-18-10-7-16(24)11-19(18)25-12-20(21)28(26,27)17-8-5-15(23)6-9-17/h1-12H. The zero-order valence-electron chi connectivity index (χ0n) is 14.2. The lowest BCUT2D eigenvalue weighted by Gasteiger charge is -2.14. The van der Waals surface area contributed by atoms with Crippen LogP contribution in [0.15, 0.2) is 82.7 Å². The first-order valence-electron chi connectivity index (χ1n) is 8.21. The van der Waals surface area contributed by atoms with Gasteiger partial charge in [-0.25, -0.2) is 21.6 Å². The molecule has 3 nitrogen and oxygen atoms in total. The molecule has 4 rings (SSSR count). The van der Waals surface area contributed by atoms with Crippen molar-refractivity contribution in [1.29, 1.82) is 0 Å². The Kier molecular flexibility index (Phi) is 4.39. The predicted octanol–water partition coefficient (Wildman–Crippen LogP) is 5.15. The lowest BCUT2D eigenvalue weighted by Crippen LogP contribution is -2.06. The number of benzene rings is 3. The molecule has 0 fully saturated rings. The van der Waals surface area contributed by atoms with Gasteiger partial charge in [-0.3, -0.25) is 4.98 Å². The van der Waals surface area contributed by atoms with E-state index < -0.39 is 27.3 Å². The van der Waals surface area contributed by atoms with E-state index in [0.29, 0.717) is 10.9 Å². The van der Waals surface area contributed by atoms with Crippen LogP contribution in [0.25, 0.3) is 22.0 Å². The first-order valence-corrected chi connectivity index (χ1v) is 9.69. The average Bonchev–Trinajstić information content (AvgIpc) is 2.68. The third-order valence-electron chi connectivity index (χ3n) is 4.34. The van der Waals surface area contributed by atoms with E-state index in [1.165, 1.54) is 42.5 Å². The highest BCUT2D eigenvalue weighted by molar-refractivity contribution is 7.91. The number of halogens is 3. The molecule has 0 unspecified atom stereocenters. The van der Waals surface area contributed by atoms with E-state index in [2.05, 4.69) is 4.98 Å². The van der Waals surface area contributed by atoms with Gasteiger partial charge in [-0.1, -0.05) is 12.1 Å². The van der Waals surface area contributed by atoms with Crippen molar-refractivity contribution in [2.75, 3.05) is 0 Å². The highest BCUT2D eigenvalue weighted by Crippen LogP contribution is 2.36. The number of pyridine rings is 1. The number of nitrogens with zero attached hydrogens (tertiary/aromatic N) is 1. The second-order valence-corrected chi connectivity index (χ2v) is 8.04. The second-order valence-electron chi connectivity index (χ2n) is 6.12. The van der Waals surface area contributed by atoms with E-state index in [4.69, 9.17) is 0 Å². The quantitative estimate of drug-likeness (QED) is 0.448. The van der Waals surface area contributed by atoms with Crippen LogP contribution in [0, 0.1) is 17.5 Å². The minimum absolute atomic E-state index is 0.111. The van der Waals surface area contributed by atoms with Crippen molar-refractivity contribution in [1.82, 2.24) is 4.98 Å². The molecule has 4 aromatic rings. The van der Waals surface area contributed by atoms with Crippen LogP contribution in [-0.2, 0) is 9.84 Å². The summed E-state index contributed by atoms with van der Waals surface area (Å²) in [4.78, 5) is 3.84. The monoisotopic (exact) mass is 399 g/mol. The molecule has 0 aliphatic carbocycles. The fraction of sp³-hybridized carbons (Fsp3) is 0. The zero-order chi connectivity index (χ0) is 19.9. The zero-order valence-corrected chi connectivity index (χ0v) is 15.1. The summed E-state index contributed by atoms with van der Waals surface area (Å²) in [5.41, 5.74) is 0.966. The highest BCUT2D eigenvalue weighted by atomic mass is 32.2. The Balaban J connectivity index is 2.05. The molecule has 0 bridgehead atoms. The van der Waals surface area contributed by atoms with Gasteiger partial charge in [0, 0.05) is 23.2 Å². The van der Waals surface area contributed by atoms with Crippen LogP contribution in [0.4, 0.5) is 13.2 Å². The number of hydrogen-bond donors (Lipinski definition) is 0. The van der Waals surface area contributed by atoms with E-state index in [0.717, 1.165) is 30.5 Å². The van der Waals surface area contributed by atoms with Crippen molar-refractivity contribution in [2.45, 2.75) is 9.79 Å². The summed E-state index contributed by atoms with van der Waals surface area (Å²) in [5.74, 6) is -1.56. The number of hydrogen-bond acceptors (Lipinski definition) is 3. The Morgan fingerprint density at radius 1 is 0.714 bits per heavy atom. The van der Waals surface area contributed by atoms with E-state index in [1.54, 1.807) is 0 Å². The van der Waals surface area contributed by atoms with Crippen LogP contribution in [0.2, 0.25) is 0 Å². The second kappa shape index (κ2) is 6.76. The molecule has 0 atom stereocenters. The third-order valence-corrected chi connectivity index (χ3v) is 6.12. The lowest BCUT2D eigenvalue weighted by atomic mass is 10.0. The normalized spacial score (nSPS) is 11.7. The van der Waals surface area contributed by atoms with Gasteiger partial charge in [-0.2, -0.15) is 0 Å². The largest absolute Gasteiger partial charge is 0.255 e. The lowest BCUT2D eigenvalue weighted by molar-refractivity contribution is 0.595. The van der Waals surface area contributed by atoms with Gasteiger partial charge in [-0.05, 0) is 54.1 Å². The van der Waals surface area contributed by atoms with Gasteiger partial charge in [0.15, 0.2) is 0 Å². The van der Waals surface area contributed by atoms with Crippen molar-refractivity contribution in [3.05, 3.63) is 90.4 Å². The minimum Gasteiger partial charge on any atom is -0.255 e. The fourth-order valence-corrected chi connectivity index (χ4v) is 4.44. The van der Waals surface area contributed by atoms with Crippen LogP contribution in [-0.4, -0.2) is 13.4 Å². The van der Waals surface area contributed by atoms with Crippen molar-refractivity contribution >= 4 is 20.7 Å². The van der Waals surface area contributed by atoms with Crippen LogP contribution >= 0.6 is 0 Å². The van der Waals surface area contributed by atoms with Crippen LogP contribution < -0.4 is 0 Å². The van der Waals surface area contributed by atoms with Gasteiger partial charge in [0.25, 0.3) is 0 Å². The van der Waals surface area contributed by atoms with Crippen molar-refractivity contribution in [3.63, 3.8) is 0 Å². The first-order chi connectivity index (χ1) is 13.4. The predicted molar refractivity (Wildman–Crippen MR) is 98.9 cm³/mol. The Hall–Kier alpha value is -3.19. The molecular weight excluding hydrogens is 387 g/mol. The molecule has 1 heterocycles. The Labute approximate surface area is 159 Å². The van der Waals surface area contributed by atoms with Crippen molar-refractivity contribution in [2.24, 2.45) is 0 Å². The molecule has 3 aromatic carbocycles. The number of fused-ring (bicyclic) bond motifs is 1. The SMILES string of the molecule is O=S(=O)(c1ccc(F)cc1)c1cnc2cc(F)ccc2c1-c1ccc(F)cc1. The van der Waals surface area contributed by atoms with Gasteiger partial charge in [0.2, 0.25) is 9.84 Å². The van der Waals surface area contributed by atoms with Gasteiger partial charge in [0.05, 0.1) is 15.3 Å². The Morgan fingerprint density at radius 3 is 1.93 bits per heavy atom. The minimum atomic E-state index is -4.06. The van der Waals surface area contributed by atoms with Crippen molar-refractivity contribution in [3.8, 4) is 11.1 Å². The summed E-state index contributed by atoms with van der Waals surface area (Å²) >= 11 is 0. The molecule has 0 aliphatic rings. The summed E-state index contributed by atoms with van der Waals surface area (Å²) in [5, 5.41) is 0.399. The van der Waals surface area contributed by atoms with E-state index in [1.807, 2.05) is 0 Å². The van der Waals surface area contributed by atoms with E-state index in [9.17, 15) is 21.6 Å². The number of aromatic nitrogens is 1. The molecule has 0 saturated carbocycles. The molecule has 1 aromatic heterocycles. The summed E-state index contributed by atoms with van der Waals surface area (Å²) in [6, 6.07) is 13.5. The van der Waals surface area contributed by atoms with Crippen molar-refractivity contribution < 1.29 is 21.6 Å². The molecule has 0 radical (unpaired) electrons. The Bertz CT molecular complexity index is 1290. The molecule has 28 heavy (non-hydrogen) atoms. The van der Waals surface area contributed by atoms with Crippen LogP contribution in [0.1, 0.15) is 0 Å². The smallest absolute Gasteiger partial charge is 0.208 e. The molecule has 0 amide bonds. The number of sulfone groups is 1. The maximum absolute atomic E-state index is 13.6. The summed E-state index contributed by atoms with van der Waals surface area (Å²) in [6.45, 7) is 0. The highest BCUT2D eigenvalue weighted by Gasteiger charge is 2.25. The van der Waals surface area contributed by atoms with Gasteiger partial charge < -0.3 is 0 Å².